The van der Waals surface area contributed by atoms with E-state index in [1.807, 2.05) is 11.4 Å². The molecule has 0 amide bonds. The molecule has 138 valence electrons. The first-order chi connectivity index (χ1) is 12.5. The van der Waals surface area contributed by atoms with Crippen molar-refractivity contribution in [3.05, 3.63) is 47.6 Å². The molecule has 1 aromatic carbocycles. The van der Waals surface area contributed by atoms with E-state index in [0.29, 0.717) is 24.4 Å². The van der Waals surface area contributed by atoms with Crippen LogP contribution in [-0.2, 0) is 14.6 Å². The van der Waals surface area contributed by atoms with E-state index in [0.717, 1.165) is 12.1 Å². The largest absolute Gasteiger partial charge is 0.418 e. The van der Waals surface area contributed by atoms with Crippen LogP contribution in [0.4, 0.5) is 10.3 Å². The number of oxazole rings is 1. The predicted octanol–water partition coefficient (Wildman–Crippen LogP) is 3.82. The van der Waals surface area contributed by atoms with Crippen LogP contribution < -0.4 is 5.32 Å². The van der Waals surface area contributed by atoms with Crippen molar-refractivity contribution in [2.24, 2.45) is 0 Å². The monoisotopic (exact) mass is 396 g/mol. The molecular formula is C17H17FN2O4S2. The van der Waals surface area contributed by atoms with Gasteiger partial charge in [-0.2, -0.15) is 4.98 Å². The summed E-state index contributed by atoms with van der Waals surface area (Å²) in [5, 5.41) is 4.59. The Morgan fingerprint density at radius 3 is 2.69 bits per heavy atom. The molecule has 1 N–H and O–H groups in total. The summed E-state index contributed by atoms with van der Waals surface area (Å²) in [6.45, 7) is 0.984. The van der Waals surface area contributed by atoms with E-state index in [2.05, 4.69) is 10.3 Å². The summed E-state index contributed by atoms with van der Waals surface area (Å²) in [6, 6.07) is 8.22. The molecular weight excluding hydrogens is 379 g/mol. The number of sulfone groups is 1. The Morgan fingerprint density at radius 2 is 2.04 bits per heavy atom. The first kappa shape index (κ1) is 18.6. The molecule has 3 aromatic rings. The third-order valence-electron chi connectivity index (χ3n) is 3.52. The molecule has 9 heteroatoms. The molecule has 0 aliphatic heterocycles. The summed E-state index contributed by atoms with van der Waals surface area (Å²) in [5.74, 6) is -0.231. The van der Waals surface area contributed by atoms with Gasteiger partial charge in [0.2, 0.25) is 26.6 Å². The number of rotatable bonds is 8. The molecule has 0 atom stereocenters. The summed E-state index contributed by atoms with van der Waals surface area (Å²) in [4.78, 5) is 4.85. The van der Waals surface area contributed by atoms with Crippen molar-refractivity contribution in [1.82, 2.24) is 4.98 Å². The maximum absolute atomic E-state index is 13.1. The lowest BCUT2D eigenvalue weighted by molar-refractivity contribution is 0.197. The summed E-state index contributed by atoms with van der Waals surface area (Å²) < 4.78 is 49.6. The van der Waals surface area contributed by atoms with Crippen molar-refractivity contribution in [3.63, 3.8) is 0 Å². The molecule has 0 saturated heterocycles. The molecule has 0 saturated carbocycles. The highest BCUT2D eigenvalue weighted by molar-refractivity contribution is 7.91. The molecule has 0 aliphatic rings. The van der Waals surface area contributed by atoms with Gasteiger partial charge in [-0.3, -0.25) is 0 Å². The normalized spacial score (nSPS) is 11.6. The van der Waals surface area contributed by atoms with Crippen LogP contribution in [0.25, 0.3) is 10.8 Å². The van der Waals surface area contributed by atoms with E-state index in [1.165, 1.54) is 23.5 Å². The van der Waals surface area contributed by atoms with E-state index in [-0.39, 0.29) is 21.7 Å². The van der Waals surface area contributed by atoms with Crippen LogP contribution >= 0.6 is 11.3 Å². The number of anilines is 1. The molecule has 0 radical (unpaired) electrons. The lowest BCUT2D eigenvalue weighted by Gasteiger charge is -2.06. The first-order valence-corrected chi connectivity index (χ1v) is 10.2. The first-order valence-electron chi connectivity index (χ1n) is 7.80. The minimum absolute atomic E-state index is 0.0510. The highest BCUT2D eigenvalue weighted by Crippen LogP contribution is 2.33. The molecule has 0 fully saturated rings. The van der Waals surface area contributed by atoms with Gasteiger partial charge in [-0.15, -0.1) is 11.3 Å². The molecule has 6 nitrogen and oxygen atoms in total. The summed E-state index contributed by atoms with van der Waals surface area (Å²) in [6.07, 6.45) is 0.668. The van der Waals surface area contributed by atoms with Crippen LogP contribution in [0.1, 0.15) is 6.42 Å². The van der Waals surface area contributed by atoms with Crippen molar-refractivity contribution in [2.75, 3.05) is 25.6 Å². The van der Waals surface area contributed by atoms with Gasteiger partial charge in [0.05, 0.1) is 9.77 Å². The highest BCUT2D eigenvalue weighted by atomic mass is 32.2. The van der Waals surface area contributed by atoms with Crippen molar-refractivity contribution in [2.45, 2.75) is 16.3 Å². The number of aromatic nitrogens is 1. The molecule has 0 unspecified atom stereocenters. The van der Waals surface area contributed by atoms with Gasteiger partial charge < -0.3 is 14.5 Å². The van der Waals surface area contributed by atoms with Gasteiger partial charge in [-0.05, 0) is 42.1 Å². The second kappa shape index (κ2) is 7.98. The van der Waals surface area contributed by atoms with Crippen molar-refractivity contribution < 1.29 is 22.0 Å². The van der Waals surface area contributed by atoms with Crippen molar-refractivity contribution in [1.29, 1.82) is 0 Å². The van der Waals surface area contributed by atoms with Gasteiger partial charge in [-0.25, -0.2) is 12.8 Å². The molecule has 0 aliphatic carbocycles. The van der Waals surface area contributed by atoms with Crippen LogP contribution in [-0.4, -0.2) is 33.7 Å². The van der Waals surface area contributed by atoms with E-state index in [4.69, 9.17) is 9.15 Å². The van der Waals surface area contributed by atoms with Crippen LogP contribution in [0.15, 0.2) is 56.1 Å². The average molecular weight is 396 g/mol. The van der Waals surface area contributed by atoms with Gasteiger partial charge in [0.25, 0.3) is 0 Å². The lowest BCUT2D eigenvalue weighted by atomic mass is 10.4. The smallest absolute Gasteiger partial charge is 0.240 e. The Hall–Kier alpha value is -2.23. The number of hydrogen-bond donors (Lipinski definition) is 1. The maximum Gasteiger partial charge on any atom is 0.240 e. The zero-order valence-electron chi connectivity index (χ0n) is 13.9. The van der Waals surface area contributed by atoms with Gasteiger partial charge in [0.15, 0.2) is 0 Å². The zero-order chi connectivity index (χ0) is 18.6. The number of thiophene rings is 1. The molecule has 0 spiro atoms. The molecule has 3 rings (SSSR count). The Kier molecular flexibility index (Phi) is 5.70. The number of ether oxygens (including phenoxy) is 1. The van der Waals surface area contributed by atoms with E-state index in [9.17, 15) is 12.8 Å². The molecule has 26 heavy (non-hydrogen) atoms. The Balaban J connectivity index is 1.99. The SMILES string of the molecule is COCCCNc1oc(-c2cccs2)nc1S(=O)(=O)c1ccc(F)cc1. The number of halogens is 1. The summed E-state index contributed by atoms with van der Waals surface area (Å²) in [7, 11) is -2.37. The fourth-order valence-corrected chi connectivity index (χ4v) is 4.18. The van der Waals surface area contributed by atoms with Gasteiger partial charge in [-0.1, -0.05) is 6.07 Å². The number of nitrogens with one attached hydrogen (secondary N) is 1. The second-order valence-electron chi connectivity index (χ2n) is 5.36. The van der Waals surface area contributed by atoms with Crippen LogP contribution in [0.5, 0.6) is 0 Å². The Bertz CT molecular complexity index is 951. The number of benzene rings is 1. The van der Waals surface area contributed by atoms with Crippen molar-refractivity contribution >= 4 is 27.1 Å². The Morgan fingerprint density at radius 1 is 1.27 bits per heavy atom. The van der Waals surface area contributed by atoms with Crippen molar-refractivity contribution in [3.8, 4) is 10.8 Å². The quantitative estimate of drug-likeness (QED) is 0.460. The van der Waals surface area contributed by atoms with Gasteiger partial charge >= 0.3 is 0 Å². The number of hydrogen-bond acceptors (Lipinski definition) is 7. The number of methoxy groups -OCH3 is 1. The van der Waals surface area contributed by atoms with Gasteiger partial charge in [0.1, 0.15) is 5.82 Å². The third kappa shape index (κ3) is 3.95. The highest BCUT2D eigenvalue weighted by Gasteiger charge is 2.28. The average Bonchev–Trinajstić information content (AvgIpc) is 3.29. The van der Waals surface area contributed by atoms with Gasteiger partial charge in [0, 0.05) is 20.3 Å². The maximum atomic E-state index is 13.1. The third-order valence-corrected chi connectivity index (χ3v) is 6.05. The minimum Gasteiger partial charge on any atom is -0.418 e. The second-order valence-corrected chi connectivity index (χ2v) is 8.17. The van der Waals surface area contributed by atoms with Crippen LogP contribution in [0.3, 0.4) is 0 Å². The standard InChI is InChI=1S/C17H17FN2O4S2/c1-23-10-3-9-19-16-17(20-15(24-16)14-4-2-11-25-14)26(21,22)13-7-5-12(18)6-8-13/h2,4-8,11,19H,3,9-10H2,1H3. The Labute approximate surface area is 154 Å². The summed E-state index contributed by atoms with van der Waals surface area (Å²) in [5.41, 5.74) is 0. The van der Waals surface area contributed by atoms with E-state index in [1.54, 1.807) is 13.2 Å². The summed E-state index contributed by atoms with van der Waals surface area (Å²) >= 11 is 1.39. The van der Waals surface area contributed by atoms with Crippen LogP contribution in [0, 0.1) is 5.82 Å². The zero-order valence-corrected chi connectivity index (χ0v) is 15.6. The van der Waals surface area contributed by atoms with Crippen LogP contribution in [0.2, 0.25) is 0 Å². The minimum atomic E-state index is -3.96. The fraction of sp³-hybridized carbons (Fsp3) is 0.235. The topological polar surface area (TPSA) is 81.4 Å². The van der Waals surface area contributed by atoms with E-state index < -0.39 is 15.7 Å². The lowest BCUT2D eigenvalue weighted by Crippen LogP contribution is -2.09. The molecule has 2 heterocycles. The fourth-order valence-electron chi connectivity index (χ4n) is 2.25. The number of nitrogens with zero attached hydrogens (tertiary/aromatic N) is 1. The molecule has 2 aromatic heterocycles. The predicted molar refractivity (Wildman–Crippen MR) is 96.7 cm³/mol. The molecule has 0 bridgehead atoms. The van der Waals surface area contributed by atoms with E-state index >= 15 is 0 Å².